The number of alkyl carbamates (subject to hydrolysis) is 1. The van der Waals surface area contributed by atoms with E-state index in [2.05, 4.69) is 10.3 Å². The summed E-state index contributed by atoms with van der Waals surface area (Å²) in [5.74, 6) is 0. The summed E-state index contributed by atoms with van der Waals surface area (Å²) in [6, 6.07) is 8.16. The largest absolute Gasteiger partial charge is 0.449 e. The number of nitrogens with one attached hydrogen (secondary N) is 2. The van der Waals surface area contributed by atoms with Crippen molar-refractivity contribution in [2.75, 3.05) is 6.61 Å². The van der Waals surface area contributed by atoms with Crippen molar-refractivity contribution in [1.29, 1.82) is 0 Å². The van der Waals surface area contributed by atoms with Crippen molar-refractivity contribution in [3.8, 4) is 0 Å². The second kappa shape index (κ2) is 4.67. The fourth-order valence-electron chi connectivity index (χ4n) is 2.17. The minimum Gasteiger partial charge on any atom is -0.449 e. The number of aromatic nitrogens is 1. The molecule has 0 bridgehead atoms. The molecular weight excluding hydrogens is 240 g/mol. The molecule has 1 aliphatic rings. The van der Waals surface area contributed by atoms with E-state index in [0.29, 0.717) is 6.61 Å². The number of hydrogen-bond acceptors (Lipinski definition) is 2. The SMILES string of the molecule is Cl.O=C1N[C@@H](c2cccc3[nH]ccc23)CCO1. The zero-order valence-electron chi connectivity index (χ0n) is 9.10. The molecule has 1 saturated heterocycles. The van der Waals surface area contributed by atoms with Crippen LogP contribution in [0.15, 0.2) is 30.5 Å². The van der Waals surface area contributed by atoms with E-state index >= 15 is 0 Å². The van der Waals surface area contributed by atoms with Crippen LogP contribution in [-0.4, -0.2) is 17.7 Å². The van der Waals surface area contributed by atoms with E-state index in [0.717, 1.165) is 22.9 Å². The summed E-state index contributed by atoms with van der Waals surface area (Å²) in [5.41, 5.74) is 2.24. The molecule has 0 saturated carbocycles. The number of hydrogen-bond donors (Lipinski definition) is 2. The molecule has 5 heteroatoms. The van der Waals surface area contributed by atoms with Gasteiger partial charge in [-0.1, -0.05) is 12.1 Å². The molecule has 0 aliphatic carbocycles. The number of fused-ring (bicyclic) bond motifs is 1. The molecule has 0 unspecified atom stereocenters. The maximum atomic E-state index is 11.2. The molecule has 90 valence electrons. The Morgan fingerprint density at radius 3 is 3.00 bits per heavy atom. The van der Waals surface area contributed by atoms with Gasteiger partial charge in [0.05, 0.1) is 12.6 Å². The summed E-state index contributed by atoms with van der Waals surface area (Å²) in [4.78, 5) is 14.3. The van der Waals surface area contributed by atoms with E-state index in [4.69, 9.17) is 4.74 Å². The van der Waals surface area contributed by atoms with Crippen LogP contribution in [0.25, 0.3) is 10.9 Å². The zero-order chi connectivity index (χ0) is 11.0. The lowest BCUT2D eigenvalue weighted by Crippen LogP contribution is -2.35. The van der Waals surface area contributed by atoms with Gasteiger partial charge in [-0.2, -0.15) is 0 Å². The van der Waals surface area contributed by atoms with E-state index < -0.39 is 0 Å². The molecule has 3 rings (SSSR count). The predicted molar refractivity (Wildman–Crippen MR) is 67.4 cm³/mol. The van der Waals surface area contributed by atoms with Crippen molar-refractivity contribution < 1.29 is 9.53 Å². The number of aromatic amines is 1. The number of amides is 1. The van der Waals surface area contributed by atoms with Crippen LogP contribution in [0.3, 0.4) is 0 Å². The van der Waals surface area contributed by atoms with Crippen molar-refractivity contribution in [1.82, 2.24) is 10.3 Å². The summed E-state index contributed by atoms with van der Waals surface area (Å²) >= 11 is 0. The highest BCUT2D eigenvalue weighted by atomic mass is 35.5. The van der Waals surface area contributed by atoms with Crippen LogP contribution in [-0.2, 0) is 4.74 Å². The number of carbonyl (C=O) groups is 1. The average Bonchev–Trinajstić information content (AvgIpc) is 2.76. The normalized spacial score (nSPS) is 19.3. The van der Waals surface area contributed by atoms with E-state index in [1.165, 1.54) is 0 Å². The highest BCUT2D eigenvalue weighted by Gasteiger charge is 2.22. The van der Waals surface area contributed by atoms with Gasteiger partial charge in [0.15, 0.2) is 0 Å². The first-order valence-electron chi connectivity index (χ1n) is 5.34. The van der Waals surface area contributed by atoms with E-state index in [-0.39, 0.29) is 24.5 Å². The smallest absolute Gasteiger partial charge is 0.407 e. The first-order chi connectivity index (χ1) is 7.84. The third-order valence-corrected chi connectivity index (χ3v) is 2.94. The van der Waals surface area contributed by atoms with Crippen molar-refractivity contribution in [3.05, 3.63) is 36.0 Å². The third-order valence-electron chi connectivity index (χ3n) is 2.94. The average molecular weight is 253 g/mol. The Labute approximate surface area is 105 Å². The van der Waals surface area contributed by atoms with Gasteiger partial charge in [-0.3, -0.25) is 0 Å². The van der Waals surface area contributed by atoms with E-state index in [9.17, 15) is 4.79 Å². The standard InChI is InChI=1S/C12H12N2O2.ClH/c15-12-14-11(5-7-16-12)8-2-1-3-10-9(8)4-6-13-10;/h1-4,6,11,13H,5,7H2,(H,14,15);1H/t11-;/m1./s1. The van der Waals surface area contributed by atoms with Gasteiger partial charge in [-0.15, -0.1) is 12.4 Å². The number of rotatable bonds is 1. The Hall–Kier alpha value is -1.68. The lowest BCUT2D eigenvalue weighted by molar-refractivity contribution is 0.116. The molecule has 1 atom stereocenters. The van der Waals surface area contributed by atoms with Gasteiger partial charge < -0.3 is 15.0 Å². The second-order valence-electron chi connectivity index (χ2n) is 3.91. The van der Waals surface area contributed by atoms with Crippen molar-refractivity contribution in [3.63, 3.8) is 0 Å². The highest BCUT2D eigenvalue weighted by molar-refractivity contribution is 5.85. The zero-order valence-corrected chi connectivity index (χ0v) is 9.92. The summed E-state index contributed by atoms with van der Waals surface area (Å²) in [6.07, 6.45) is 2.40. The van der Waals surface area contributed by atoms with Crippen LogP contribution in [0.2, 0.25) is 0 Å². The van der Waals surface area contributed by atoms with Crippen molar-refractivity contribution >= 4 is 29.4 Å². The Balaban J connectivity index is 0.00000108. The van der Waals surface area contributed by atoms with Crippen LogP contribution in [0, 0.1) is 0 Å². The number of cyclic esters (lactones) is 1. The number of ether oxygens (including phenoxy) is 1. The van der Waals surface area contributed by atoms with Crippen LogP contribution < -0.4 is 5.32 Å². The fourth-order valence-corrected chi connectivity index (χ4v) is 2.17. The predicted octanol–water partition coefficient (Wildman–Crippen LogP) is 2.76. The Bertz CT molecular complexity index is 538. The molecule has 2 aromatic rings. The summed E-state index contributed by atoms with van der Waals surface area (Å²) in [5, 5.41) is 4.00. The number of carbonyl (C=O) groups excluding carboxylic acids is 1. The van der Waals surface area contributed by atoms with Crippen LogP contribution in [0.1, 0.15) is 18.0 Å². The highest BCUT2D eigenvalue weighted by Crippen LogP contribution is 2.27. The molecule has 1 fully saturated rings. The van der Waals surface area contributed by atoms with Gasteiger partial charge in [0, 0.05) is 23.5 Å². The van der Waals surface area contributed by atoms with Gasteiger partial charge in [0.25, 0.3) is 0 Å². The first kappa shape index (κ1) is 11.8. The fraction of sp³-hybridized carbons (Fsp3) is 0.250. The van der Waals surface area contributed by atoms with Crippen LogP contribution >= 0.6 is 12.4 Å². The first-order valence-corrected chi connectivity index (χ1v) is 5.34. The third kappa shape index (κ3) is 2.08. The molecule has 1 amide bonds. The summed E-state index contributed by atoms with van der Waals surface area (Å²) in [7, 11) is 0. The Morgan fingerprint density at radius 1 is 1.29 bits per heavy atom. The maximum absolute atomic E-state index is 11.2. The summed E-state index contributed by atoms with van der Waals surface area (Å²) in [6.45, 7) is 0.483. The maximum Gasteiger partial charge on any atom is 0.407 e. The van der Waals surface area contributed by atoms with Crippen LogP contribution in [0.4, 0.5) is 4.79 Å². The van der Waals surface area contributed by atoms with Crippen molar-refractivity contribution in [2.24, 2.45) is 0 Å². The number of halogens is 1. The van der Waals surface area contributed by atoms with Gasteiger partial charge in [-0.05, 0) is 17.7 Å². The monoisotopic (exact) mass is 252 g/mol. The van der Waals surface area contributed by atoms with Crippen molar-refractivity contribution in [2.45, 2.75) is 12.5 Å². The second-order valence-corrected chi connectivity index (χ2v) is 3.91. The number of H-pyrrole nitrogens is 1. The molecular formula is C12H13ClN2O2. The molecule has 4 nitrogen and oxygen atoms in total. The molecule has 2 N–H and O–H groups in total. The molecule has 2 heterocycles. The van der Waals surface area contributed by atoms with Gasteiger partial charge in [-0.25, -0.2) is 4.79 Å². The summed E-state index contributed by atoms with van der Waals surface area (Å²) < 4.78 is 4.87. The lowest BCUT2D eigenvalue weighted by atomic mass is 10.00. The topological polar surface area (TPSA) is 54.1 Å². The van der Waals surface area contributed by atoms with Gasteiger partial charge in [0.1, 0.15) is 0 Å². The molecule has 0 radical (unpaired) electrons. The van der Waals surface area contributed by atoms with Crippen LogP contribution in [0.5, 0.6) is 0 Å². The number of benzene rings is 1. The van der Waals surface area contributed by atoms with E-state index in [1.54, 1.807) is 0 Å². The molecule has 0 spiro atoms. The Kier molecular flexibility index (Phi) is 3.24. The molecule has 1 aromatic heterocycles. The molecule has 1 aromatic carbocycles. The minimum atomic E-state index is -0.330. The van der Waals surface area contributed by atoms with Gasteiger partial charge in [0.2, 0.25) is 0 Å². The lowest BCUT2D eigenvalue weighted by Gasteiger charge is -2.24. The molecule has 17 heavy (non-hydrogen) atoms. The van der Waals surface area contributed by atoms with Gasteiger partial charge >= 0.3 is 6.09 Å². The van der Waals surface area contributed by atoms with E-state index in [1.807, 2.05) is 30.5 Å². The minimum absolute atomic E-state index is 0. The molecule has 1 aliphatic heterocycles. The quantitative estimate of drug-likeness (QED) is 0.820. The Morgan fingerprint density at radius 2 is 2.18 bits per heavy atom.